The molecule has 1 saturated carbocycles. The number of aryl methyl sites for hydroxylation is 1. The van der Waals surface area contributed by atoms with Crippen molar-refractivity contribution in [1.29, 1.82) is 0 Å². The zero-order valence-electron chi connectivity index (χ0n) is 8.27. The van der Waals surface area contributed by atoms with Crippen molar-refractivity contribution in [3.05, 3.63) is 11.8 Å². The molecule has 0 spiro atoms. The molecule has 1 aromatic heterocycles. The third-order valence-electron chi connectivity index (χ3n) is 2.69. The van der Waals surface area contributed by atoms with E-state index in [1.54, 1.807) is 24.9 Å². The molecule has 5 nitrogen and oxygen atoms in total. The molecule has 1 aliphatic carbocycles. The number of rotatable bonds is 3. The molecule has 0 radical (unpaired) electrons. The SMILES string of the molecule is COC1(n2ncc(C)c2B(O)O)CC1. The summed E-state index contributed by atoms with van der Waals surface area (Å²) in [5.74, 6) is 0. The van der Waals surface area contributed by atoms with Crippen LogP contribution in [0.25, 0.3) is 0 Å². The number of nitrogens with zero attached hydrogens (tertiary/aromatic N) is 2. The predicted octanol–water partition coefficient (Wildman–Crippen LogP) is -1.04. The first-order valence-electron chi connectivity index (χ1n) is 4.57. The van der Waals surface area contributed by atoms with Gasteiger partial charge < -0.3 is 14.8 Å². The molecule has 0 atom stereocenters. The van der Waals surface area contributed by atoms with Crippen LogP contribution in [0.15, 0.2) is 6.20 Å². The van der Waals surface area contributed by atoms with Gasteiger partial charge in [0.2, 0.25) is 0 Å². The van der Waals surface area contributed by atoms with Gasteiger partial charge in [-0.3, -0.25) is 0 Å². The highest BCUT2D eigenvalue weighted by Gasteiger charge is 2.48. The van der Waals surface area contributed by atoms with Crippen molar-refractivity contribution < 1.29 is 14.8 Å². The Bertz CT molecular complexity index is 346. The van der Waals surface area contributed by atoms with Crippen LogP contribution < -0.4 is 5.59 Å². The molecule has 1 heterocycles. The summed E-state index contributed by atoms with van der Waals surface area (Å²) in [6, 6.07) is 0. The summed E-state index contributed by atoms with van der Waals surface area (Å²) in [7, 11) is 0.113. The Morgan fingerprint density at radius 2 is 2.21 bits per heavy atom. The Morgan fingerprint density at radius 1 is 1.57 bits per heavy atom. The molecule has 0 aromatic carbocycles. The minimum absolute atomic E-state index is 0.421. The summed E-state index contributed by atoms with van der Waals surface area (Å²) in [5, 5.41) is 22.5. The van der Waals surface area contributed by atoms with Crippen LogP contribution in [0.1, 0.15) is 18.4 Å². The van der Waals surface area contributed by atoms with Gasteiger partial charge in [0, 0.05) is 20.0 Å². The molecule has 1 fully saturated rings. The van der Waals surface area contributed by atoms with Crippen LogP contribution in [-0.2, 0) is 10.5 Å². The Labute approximate surface area is 82.5 Å². The molecule has 2 rings (SSSR count). The standard InChI is InChI=1S/C8H13BN2O3/c1-6-5-10-11(7(6)9(12)13)8(14-2)3-4-8/h5,12-13H,3-4H2,1-2H3. The quantitative estimate of drug-likeness (QED) is 0.606. The lowest BCUT2D eigenvalue weighted by atomic mass is 9.83. The Kier molecular flexibility index (Phi) is 2.13. The second kappa shape index (κ2) is 3.08. The minimum atomic E-state index is -1.50. The van der Waals surface area contributed by atoms with E-state index in [-0.39, 0.29) is 0 Å². The van der Waals surface area contributed by atoms with E-state index in [0.717, 1.165) is 18.4 Å². The van der Waals surface area contributed by atoms with Crippen LogP contribution in [0, 0.1) is 6.92 Å². The van der Waals surface area contributed by atoms with Gasteiger partial charge in [0.1, 0.15) is 0 Å². The lowest BCUT2D eigenvalue weighted by Crippen LogP contribution is -2.43. The Balaban J connectivity index is 2.43. The van der Waals surface area contributed by atoms with Crippen molar-refractivity contribution in [1.82, 2.24) is 9.78 Å². The molecule has 14 heavy (non-hydrogen) atoms. The zero-order valence-corrected chi connectivity index (χ0v) is 8.27. The first-order valence-corrected chi connectivity index (χ1v) is 4.57. The van der Waals surface area contributed by atoms with Gasteiger partial charge in [0.25, 0.3) is 0 Å². The van der Waals surface area contributed by atoms with Gasteiger partial charge in [0.15, 0.2) is 5.72 Å². The van der Waals surface area contributed by atoms with Crippen molar-refractivity contribution in [2.75, 3.05) is 7.11 Å². The number of methoxy groups -OCH3 is 1. The minimum Gasteiger partial charge on any atom is -0.422 e. The second-order valence-electron chi connectivity index (χ2n) is 3.65. The van der Waals surface area contributed by atoms with E-state index in [9.17, 15) is 10.0 Å². The van der Waals surface area contributed by atoms with Gasteiger partial charge in [-0.25, -0.2) is 4.68 Å². The van der Waals surface area contributed by atoms with Crippen LogP contribution >= 0.6 is 0 Å². The number of aromatic nitrogens is 2. The Hall–Kier alpha value is -0.845. The Morgan fingerprint density at radius 3 is 2.64 bits per heavy atom. The van der Waals surface area contributed by atoms with E-state index in [4.69, 9.17) is 4.74 Å². The number of hydrogen-bond acceptors (Lipinski definition) is 4. The largest absolute Gasteiger partial charge is 0.508 e. The maximum Gasteiger partial charge on any atom is 0.508 e. The van der Waals surface area contributed by atoms with E-state index >= 15 is 0 Å². The average Bonchev–Trinajstić information content (AvgIpc) is 2.84. The highest BCUT2D eigenvalue weighted by Crippen LogP contribution is 2.42. The third kappa shape index (κ3) is 1.27. The monoisotopic (exact) mass is 196 g/mol. The molecule has 1 aliphatic rings. The van der Waals surface area contributed by atoms with E-state index in [1.165, 1.54) is 0 Å². The highest BCUT2D eigenvalue weighted by atomic mass is 16.5. The number of hydrogen-bond donors (Lipinski definition) is 2. The number of ether oxygens (including phenoxy) is 1. The topological polar surface area (TPSA) is 67.5 Å². The molecular weight excluding hydrogens is 183 g/mol. The van der Waals surface area contributed by atoms with Gasteiger partial charge in [-0.1, -0.05) is 0 Å². The van der Waals surface area contributed by atoms with Crippen LogP contribution in [0.3, 0.4) is 0 Å². The summed E-state index contributed by atoms with van der Waals surface area (Å²) in [4.78, 5) is 0. The van der Waals surface area contributed by atoms with Gasteiger partial charge >= 0.3 is 7.12 Å². The molecule has 0 bridgehead atoms. The molecule has 0 saturated heterocycles. The molecule has 0 amide bonds. The van der Waals surface area contributed by atoms with Crippen LogP contribution in [0.5, 0.6) is 0 Å². The van der Waals surface area contributed by atoms with E-state index in [2.05, 4.69) is 5.10 Å². The van der Waals surface area contributed by atoms with Gasteiger partial charge in [0.05, 0.1) is 11.8 Å². The summed E-state index contributed by atoms with van der Waals surface area (Å²) >= 11 is 0. The van der Waals surface area contributed by atoms with Crippen LogP contribution in [0.2, 0.25) is 0 Å². The third-order valence-corrected chi connectivity index (χ3v) is 2.69. The van der Waals surface area contributed by atoms with Crippen molar-refractivity contribution >= 4 is 12.7 Å². The van der Waals surface area contributed by atoms with Crippen molar-refractivity contribution in [3.8, 4) is 0 Å². The second-order valence-corrected chi connectivity index (χ2v) is 3.65. The fourth-order valence-corrected chi connectivity index (χ4v) is 1.69. The van der Waals surface area contributed by atoms with Crippen LogP contribution in [0.4, 0.5) is 0 Å². The molecule has 6 heteroatoms. The van der Waals surface area contributed by atoms with E-state index in [0.29, 0.717) is 5.59 Å². The average molecular weight is 196 g/mol. The zero-order chi connectivity index (χ0) is 10.3. The summed E-state index contributed by atoms with van der Waals surface area (Å²) < 4.78 is 6.89. The fourth-order valence-electron chi connectivity index (χ4n) is 1.69. The van der Waals surface area contributed by atoms with Crippen LogP contribution in [-0.4, -0.2) is 34.1 Å². The fraction of sp³-hybridized carbons (Fsp3) is 0.625. The smallest absolute Gasteiger partial charge is 0.422 e. The van der Waals surface area contributed by atoms with E-state index < -0.39 is 12.8 Å². The molecule has 2 N–H and O–H groups in total. The van der Waals surface area contributed by atoms with Crippen molar-refractivity contribution in [2.45, 2.75) is 25.5 Å². The lowest BCUT2D eigenvalue weighted by molar-refractivity contribution is 0.00802. The predicted molar refractivity (Wildman–Crippen MR) is 51.0 cm³/mol. The van der Waals surface area contributed by atoms with E-state index in [1.807, 2.05) is 0 Å². The van der Waals surface area contributed by atoms with Crippen molar-refractivity contribution in [3.63, 3.8) is 0 Å². The highest BCUT2D eigenvalue weighted by molar-refractivity contribution is 6.58. The summed E-state index contributed by atoms with van der Waals surface area (Å²) in [6.45, 7) is 1.80. The van der Waals surface area contributed by atoms with Gasteiger partial charge in [-0.15, -0.1) is 0 Å². The van der Waals surface area contributed by atoms with Gasteiger partial charge in [-0.05, 0) is 12.5 Å². The summed E-state index contributed by atoms with van der Waals surface area (Å²) in [6.07, 6.45) is 3.35. The lowest BCUT2D eigenvalue weighted by Gasteiger charge is -2.17. The molecular formula is C8H13BN2O3. The molecule has 76 valence electrons. The maximum absolute atomic E-state index is 9.20. The maximum atomic E-state index is 9.20. The molecule has 0 aliphatic heterocycles. The summed E-state index contributed by atoms with van der Waals surface area (Å²) in [5.41, 5.74) is 0.750. The molecule has 1 aromatic rings. The first kappa shape index (κ1) is 9.70. The van der Waals surface area contributed by atoms with Gasteiger partial charge in [-0.2, -0.15) is 5.10 Å². The molecule has 0 unspecified atom stereocenters. The first-order chi connectivity index (χ1) is 6.60. The normalized spacial score (nSPS) is 18.3. The van der Waals surface area contributed by atoms with Crippen molar-refractivity contribution in [2.24, 2.45) is 0 Å².